The van der Waals surface area contributed by atoms with Crippen LogP contribution in [-0.2, 0) is 4.79 Å². The van der Waals surface area contributed by atoms with Crippen molar-refractivity contribution in [1.82, 2.24) is 5.32 Å². The van der Waals surface area contributed by atoms with Crippen molar-refractivity contribution in [2.75, 3.05) is 12.3 Å². The second-order valence-corrected chi connectivity index (χ2v) is 5.14. The van der Waals surface area contributed by atoms with E-state index in [-0.39, 0.29) is 12.5 Å². The Bertz CT molecular complexity index is 379. The van der Waals surface area contributed by atoms with Crippen LogP contribution in [-0.4, -0.2) is 17.6 Å². The van der Waals surface area contributed by atoms with Crippen LogP contribution in [0.2, 0.25) is 0 Å². The molecular formula is C13H20N2O2. The van der Waals surface area contributed by atoms with Crippen LogP contribution in [0.4, 0.5) is 5.69 Å². The van der Waals surface area contributed by atoms with Crippen LogP contribution >= 0.6 is 0 Å². The van der Waals surface area contributed by atoms with E-state index >= 15 is 0 Å². The van der Waals surface area contributed by atoms with Gasteiger partial charge in [0.15, 0.2) is 0 Å². The summed E-state index contributed by atoms with van der Waals surface area (Å²) in [6.07, 6.45) is -0.707. The molecule has 0 radical (unpaired) electrons. The third kappa shape index (κ3) is 4.07. The number of benzene rings is 1. The molecule has 1 rings (SSSR count). The predicted octanol–water partition coefficient (Wildman–Crippen LogP) is 1.46. The molecule has 1 atom stereocenters. The molecule has 4 nitrogen and oxygen atoms in total. The molecule has 0 aliphatic carbocycles. The maximum absolute atomic E-state index is 11.6. The van der Waals surface area contributed by atoms with Gasteiger partial charge in [-0.1, -0.05) is 32.9 Å². The van der Waals surface area contributed by atoms with E-state index in [0.717, 1.165) is 5.56 Å². The van der Waals surface area contributed by atoms with Crippen LogP contribution in [0.1, 0.15) is 32.4 Å². The quantitative estimate of drug-likeness (QED) is 0.695. The summed E-state index contributed by atoms with van der Waals surface area (Å²) in [4.78, 5) is 11.6. The Morgan fingerprint density at radius 3 is 2.35 bits per heavy atom. The number of amides is 1. The van der Waals surface area contributed by atoms with Crippen molar-refractivity contribution in [2.24, 2.45) is 5.41 Å². The number of nitrogen functional groups attached to an aromatic ring is 1. The van der Waals surface area contributed by atoms with E-state index in [0.29, 0.717) is 5.69 Å². The molecule has 4 heteroatoms. The fourth-order valence-electron chi connectivity index (χ4n) is 1.29. The number of hydrogen-bond donors (Lipinski definition) is 3. The van der Waals surface area contributed by atoms with Crippen LogP contribution < -0.4 is 11.1 Å². The van der Waals surface area contributed by atoms with Gasteiger partial charge < -0.3 is 16.2 Å². The van der Waals surface area contributed by atoms with E-state index in [9.17, 15) is 9.90 Å². The fourth-order valence-corrected chi connectivity index (χ4v) is 1.29. The van der Waals surface area contributed by atoms with Crippen LogP contribution in [0.15, 0.2) is 24.3 Å². The molecule has 0 saturated carbocycles. The molecule has 0 spiro atoms. The number of carbonyl (C=O) groups excluding carboxylic acids is 1. The standard InChI is InChI=1S/C13H20N2O2/c1-13(2,3)12(17)15-8-11(16)9-4-6-10(14)7-5-9/h4-7,11,16H,8,14H2,1-3H3,(H,15,17). The lowest BCUT2D eigenvalue weighted by Crippen LogP contribution is -2.37. The SMILES string of the molecule is CC(C)(C)C(=O)NCC(O)c1ccc(N)cc1. The lowest BCUT2D eigenvalue weighted by molar-refractivity contribution is -0.128. The molecule has 17 heavy (non-hydrogen) atoms. The van der Waals surface area contributed by atoms with Gasteiger partial charge in [0.1, 0.15) is 0 Å². The van der Waals surface area contributed by atoms with E-state index in [4.69, 9.17) is 5.73 Å². The Balaban J connectivity index is 2.53. The molecule has 1 aromatic rings. The zero-order valence-electron chi connectivity index (χ0n) is 10.5. The lowest BCUT2D eigenvalue weighted by Gasteiger charge is -2.19. The van der Waals surface area contributed by atoms with Crippen molar-refractivity contribution in [3.8, 4) is 0 Å². The highest BCUT2D eigenvalue weighted by atomic mass is 16.3. The van der Waals surface area contributed by atoms with Crippen molar-refractivity contribution in [1.29, 1.82) is 0 Å². The topological polar surface area (TPSA) is 75.3 Å². The average Bonchev–Trinajstić information content (AvgIpc) is 2.25. The predicted molar refractivity (Wildman–Crippen MR) is 68.3 cm³/mol. The van der Waals surface area contributed by atoms with Gasteiger partial charge in [0.25, 0.3) is 0 Å². The van der Waals surface area contributed by atoms with E-state index < -0.39 is 11.5 Å². The third-order valence-corrected chi connectivity index (χ3v) is 2.46. The number of rotatable bonds is 3. The van der Waals surface area contributed by atoms with Crippen molar-refractivity contribution < 1.29 is 9.90 Å². The van der Waals surface area contributed by atoms with Gasteiger partial charge in [0.05, 0.1) is 6.10 Å². The summed E-state index contributed by atoms with van der Waals surface area (Å²) in [7, 11) is 0. The zero-order valence-corrected chi connectivity index (χ0v) is 10.5. The largest absolute Gasteiger partial charge is 0.399 e. The Morgan fingerprint density at radius 1 is 1.35 bits per heavy atom. The molecule has 0 fully saturated rings. The van der Waals surface area contributed by atoms with Gasteiger partial charge in [0, 0.05) is 17.6 Å². The first-order valence-corrected chi connectivity index (χ1v) is 5.62. The number of anilines is 1. The summed E-state index contributed by atoms with van der Waals surface area (Å²) in [5.41, 5.74) is 6.51. The monoisotopic (exact) mass is 236 g/mol. The summed E-state index contributed by atoms with van der Waals surface area (Å²) < 4.78 is 0. The van der Waals surface area contributed by atoms with Crippen LogP contribution in [0.5, 0.6) is 0 Å². The smallest absolute Gasteiger partial charge is 0.225 e. The summed E-state index contributed by atoms with van der Waals surface area (Å²) in [6, 6.07) is 6.96. The van der Waals surface area contributed by atoms with Crippen molar-refractivity contribution in [3.63, 3.8) is 0 Å². The van der Waals surface area contributed by atoms with Crippen LogP contribution in [0, 0.1) is 5.41 Å². The van der Waals surface area contributed by atoms with Gasteiger partial charge >= 0.3 is 0 Å². The highest BCUT2D eigenvalue weighted by Crippen LogP contribution is 2.16. The first-order valence-electron chi connectivity index (χ1n) is 5.62. The molecule has 94 valence electrons. The number of nitrogens with two attached hydrogens (primary N) is 1. The van der Waals surface area contributed by atoms with E-state index in [1.165, 1.54) is 0 Å². The normalized spacial score (nSPS) is 13.2. The van der Waals surface area contributed by atoms with Gasteiger partial charge in [-0.25, -0.2) is 0 Å². The molecule has 0 heterocycles. The maximum Gasteiger partial charge on any atom is 0.225 e. The van der Waals surface area contributed by atoms with Crippen molar-refractivity contribution in [2.45, 2.75) is 26.9 Å². The molecule has 0 aromatic heterocycles. The Kier molecular flexibility index (Phi) is 4.12. The summed E-state index contributed by atoms with van der Waals surface area (Å²) in [5.74, 6) is -0.0769. The molecule has 0 aliphatic rings. The number of aliphatic hydroxyl groups excluding tert-OH is 1. The maximum atomic E-state index is 11.6. The summed E-state index contributed by atoms with van der Waals surface area (Å²) in [6.45, 7) is 5.70. The molecule has 0 aliphatic heterocycles. The van der Waals surface area contributed by atoms with Crippen molar-refractivity contribution in [3.05, 3.63) is 29.8 Å². The molecular weight excluding hydrogens is 216 g/mol. The van der Waals surface area contributed by atoms with Gasteiger partial charge in [0.2, 0.25) is 5.91 Å². The highest BCUT2D eigenvalue weighted by molar-refractivity contribution is 5.81. The zero-order chi connectivity index (χ0) is 13.1. The van der Waals surface area contributed by atoms with Crippen molar-refractivity contribution >= 4 is 11.6 Å². The minimum absolute atomic E-state index is 0.0769. The molecule has 0 bridgehead atoms. The van der Waals surface area contributed by atoms with Gasteiger partial charge in [-0.05, 0) is 17.7 Å². The first-order chi connectivity index (χ1) is 7.80. The minimum atomic E-state index is -0.707. The number of nitrogens with one attached hydrogen (secondary N) is 1. The average molecular weight is 236 g/mol. The minimum Gasteiger partial charge on any atom is -0.399 e. The molecule has 0 saturated heterocycles. The Labute approximate surface area is 102 Å². The number of aliphatic hydroxyl groups is 1. The van der Waals surface area contributed by atoms with Crippen LogP contribution in [0.3, 0.4) is 0 Å². The van der Waals surface area contributed by atoms with Gasteiger partial charge in [-0.15, -0.1) is 0 Å². The summed E-state index contributed by atoms with van der Waals surface area (Å²) in [5, 5.41) is 12.6. The first kappa shape index (κ1) is 13.5. The highest BCUT2D eigenvalue weighted by Gasteiger charge is 2.21. The Morgan fingerprint density at radius 2 is 1.88 bits per heavy atom. The van der Waals surface area contributed by atoms with E-state index in [1.54, 1.807) is 24.3 Å². The number of hydrogen-bond acceptors (Lipinski definition) is 3. The van der Waals surface area contributed by atoms with E-state index in [1.807, 2.05) is 20.8 Å². The number of carbonyl (C=O) groups is 1. The molecule has 1 amide bonds. The third-order valence-electron chi connectivity index (χ3n) is 2.46. The molecule has 1 aromatic carbocycles. The molecule has 1 unspecified atom stereocenters. The van der Waals surface area contributed by atoms with Gasteiger partial charge in [-0.3, -0.25) is 4.79 Å². The molecule has 4 N–H and O–H groups in total. The Hall–Kier alpha value is -1.55. The van der Waals surface area contributed by atoms with E-state index in [2.05, 4.69) is 5.32 Å². The summed E-state index contributed by atoms with van der Waals surface area (Å²) >= 11 is 0. The van der Waals surface area contributed by atoms with Gasteiger partial charge in [-0.2, -0.15) is 0 Å². The lowest BCUT2D eigenvalue weighted by atomic mass is 9.95. The van der Waals surface area contributed by atoms with Crippen LogP contribution in [0.25, 0.3) is 0 Å². The second-order valence-electron chi connectivity index (χ2n) is 5.14. The second kappa shape index (κ2) is 5.19. The fraction of sp³-hybridized carbons (Fsp3) is 0.462.